The van der Waals surface area contributed by atoms with Gasteiger partial charge in [0.25, 0.3) is 0 Å². The molecule has 2 rings (SSSR count). The Morgan fingerprint density at radius 2 is 1.58 bits per heavy atom. The monoisotopic (exact) mass is 247 g/mol. The number of para-hydroxylation sites is 1. The molecule has 2 aromatic carbocycles. The van der Waals surface area contributed by atoms with Crippen LogP contribution in [0.15, 0.2) is 65.7 Å². The van der Waals surface area contributed by atoms with Gasteiger partial charge < -0.3 is 0 Å². The van der Waals surface area contributed by atoms with Crippen LogP contribution in [0.4, 0.5) is 5.69 Å². The SMILES string of the molecule is CCCC#CC(=Nc1ccccc1)c1ccccc1. The molecule has 1 nitrogen and oxygen atoms in total. The number of benzene rings is 2. The summed E-state index contributed by atoms with van der Waals surface area (Å²) in [6, 6.07) is 20.1. The van der Waals surface area contributed by atoms with Gasteiger partial charge in [-0.2, -0.15) is 0 Å². The minimum atomic E-state index is 0.834. The first kappa shape index (κ1) is 13.1. The summed E-state index contributed by atoms with van der Waals surface area (Å²) in [4.78, 5) is 4.64. The van der Waals surface area contributed by atoms with Crippen molar-refractivity contribution in [2.24, 2.45) is 4.99 Å². The van der Waals surface area contributed by atoms with Crippen LogP contribution in [-0.2, 0) is 0 Å². The second-order valence-corrected chi connectivity index (χ2v) is 4.21. The number of nitrogens with zero attached hydrogens (tertiary/aromatic N) is 1. The lowest BCUT2D eigenvalue weighted by molar-refractivity contribution is 0.984. The first-order valence-electron chi connectivity index (χ1n) is 6.58. The molecule has 0 unspecified atom stereocenters. The number of hydrogen-bond acceptors (Lipinski definition) is 1. The van der Waals surface area contributed by atoms with E-state index in [1.165, 1.54) is 0 Å². The molecule has 0 saturated heterocycles. The quantitative estimate of drug-likeness (QED) is 0.554. The summed E-state index contributed by atoms with van der Waals surface area (Å²) in [5.41, 5.74) is 2.84. The molecule has 1 heteroatoms. The Bertz CT molecular complexity index is 586. The van der Waals surface area contributed by atoms with Crippen LogP contribution in [0.2, 0.25) is 0 Å². The molecule has 0 atom stereocenters. The zero-order chi connectivity index (χ0) is 13.3. The van der Waals surface area contributed by atoms with Crippen LogP contribution >= 0.6 is 0 Å². The molecule has 0 heterocycles. The number of rotatable bonds is 3. The Hall–Kier alpha value is -2.33. The average Bonchev–Trinajstić information content (AvgIpc) is 2.48. The Morgan fingerprint density at radius 1 is 0.947 bits per heavy atom. The molecule has 0 aliphatic rings. The second kappa shape index (κ2) is 7.18. The van der Waals surface area contributed by atoms with Gasteiger partial charge in [-0.1, -0.05) is 61.4 Å². The number of unbranched alkanes of at least 4 members (excludes halogenated alkanes) is 1. The van der Waals surface area contributed by atoms with Crippen molar-refractivity contribution in [1.82, 2.24) is 0 Å². The van der Waals surface area contributed by atoms with E-state index < -0.39 is 0 Å². The van der Waals surface area contributed by atoms with Crippen molar-refractivity contribution in [2.75, 3.05) is 0 Å². The highest BCUT2D eigenvalue weighted by Gasteiger charge is 1.99. The van der Waals surface area contributed by atoms with Gasteiger partial charge in [0, 0.05) is 12.0 Å². The van der Waals surface area contributed by atoms with Gasteiger partial charge in [0.15, 0.2) is 0 Å². The van der Waals surface area contributed by atoms with Crippen LogP contribution in [0.3, 0.4) is 0 Å². The van der Waals surface area contributed by atoms with Gasteiger partial charge in [-0.15, -0.1) is 0 Å². The standard InChI is InChI=1S/C18H17N/c1-2-3-6-15-18(16-11-7-4-8-12-16)19-17-13-9-5-10-14-17/h4-5,7-14H,2-3H2,1H3. The molecule has 19 heavy (non-hydrogen) atoms. The highest BCUT2D eigenvalue weighted by Crippen LogP contribution is 2.13. The molecule has 0 bridgehead atoms. The minimum absolute atomic E-state index is 0.834. The van der Waals surface area contributed by atoms with E-state index in [1.807, 2.05) is 60.7 Å². The van der Waals surface area contributed by atoms with E-state index in [9.17, 15) is 0 Å². The van der Waals surface area contributed by atoms with E-state index in [1.54, 1.807) is 0 Å². The van der Waals surface area contributed by atoms with E-state index in [-0.39, 0.29) is 0 Å². The van der Waals surface area contributed by atoms with E-state index in [0.29, 0.717) is 0 Å². The molecule has 0 amide bonds. The smallest absolute Gasteiger partial charge is 0.121 e. The van der Waals surface area contributed by atoms with E-state index >= 15 is 0 Å². The Morgan fingerprint density at radius 3 is 2.21 bits per heavy atom. The molecule has 0 aliphatic carbocycles. The van der Waals surface area contributed by atoms with Gasteiger partial charge in [0.2, 0.25) is 0 Å². The molecular weight excluding hydrogens is 230 g/mol. The summed E-state index contributed by atoms with van der Waals surface area (Å²) in [7, 11) is 0. The number of aliphatic imine (C=N–C) groups is 1. The average molecular weight is 247 g/mol. The van der Waals surface area contributed by atoms with Gasteiger partial charge in [-0.3, -0.25) is 0 Å². The lowest BCUT2D eigenvalue weighted by Gasteiger charge is -2.00. The maximum absolute atomic E-state index is 4.64. The lowest BCUT2D eigenvalue weighted by Crippen LogP contribution is -1.96. The van der Waals surface area contributed by atoms with E-state index in [2.05, 4.69) is 23.8 Å². The van der Waals surface area contributed by atoms with Crippen LogP contribution in [-0.4, -0.2) is 5.71 Å². The van der Waals surface area contributed by atoms with Crippen LogP contribution in [0.25, 0.3) is 0 Å². The van der Waals surface area contributed by atoms with Crippen molar-refractivity contribution in [3.05, 3.63) is 66.2 Å². The summed E-state index contributed by atoms with van der Waals surface area (Å²) in [6.45, 7) is 2.13. The minimum Gasteiger partial charge on any atom is -0.239 e. The van der Waals surface area contributed by atoms with Gasteiger partial charge in [0.05, 0.1) is 5.69 Å². The Kier molecular flexibility index (Phi) is 4.96. The molecule has 0 N–H and O–H groups in total. The van der Waals surface area contributed by atoms with Gasteiger partial charge in [-0.25, -0.2) is 4.99 Å². The lowest BCUT2D eigenvalue weighted by atomic mass is 10.1. The van der Waals surface area contributed by atoms with Crippen molar-refractivity contribution >= 4 is 11.4 Å². The molecule has 94 valence electrons. The van der Waals surface area contributed by atoms with E-state index in [0.717, 1.165) is 29.8 Å². The molecule has 0 fully saturated rings. The maximum Gasteiger partial charge on any atom is 0.121 e. The highest BCUT2D eigenvalue weighted by molar-refractivity contribution is 6.14. The third kappa shape index (κ3) is 4.12. The van der Waals surface area contributed by atoms with Crippen molar-refractivity contribution in [3.63, 3.8) is 0 Å². The zero-order valence-corrected chi connectivity index (χ0v) is 11.1. The van der Waals surface area contributed by atoms with Crippen molar-refractivity contribution in [2.45, 2.75) is 19.8 Å². The summed E-state index contributed by atoms with van der Waals surface area (Å²) in [5.74, 6) is 6.36. The Labute approximate surface area is 115 Å². The summed E-state index contributed by atoms with van der Waals surface area (Å²) >= 11 is 0. The normalized spacial score (nSPS) is 10.7. The topological polar surface area (TPSA) is 12.4 Å². The fraction of sp³-hybridized carbons (Fsp3) is 0.167. The Balaban J connectivity index is 2.36. The first-order valence-corrected chi connectivity index (χ1v) is 6.58. The van der Waals surface area contributed by atoms with Gasteiger partial charge in [-0.05, 0) is 24.5 Å². The second-order valence-electron chi connectivity index (χ2n) is 4.21. The summed E-state index contributed by atoms with van der Waals surface area (Å²) in [5, 5.41) is 0. The molecule has 0 aliphatic heterocycles. The van der Waals surface area contributed by atoms with Gasteiger partial charge in [0.1, 0.15) is 5.71 Å². The maximum atomic E-state index is 4.64. The summed E-state index contributed by atoms with van der Waals surface area (Å²) in [6.07, 6.45) is 1.97. The molecule has 2 aromatic rings. The van der Waals surface area contributed by atoms with Gasteiger partial charge >= 0.3 is 0 Å². The zero-order valence-electron chi connectivity index (χ0n) is 11.1. The van der Waals surface area contributed by atoms with Crippen LogP contribution in [0, 0.1) is 11.8 Å². The van der Waals surface area contributed by atoms with Crippen LogP contribution < -0.4 is 0 Å². The molecule has 0 radical (unpaired) electrons. The fourth-order valence-electron chi connectivity index (χ4n) is 1.66. The molecule has 0 spiro atoms. The summed E-state index contributed by atoms with van der Waals surface area (Å²) < 4.78 is 0. The fourth-order valence-corrected chi connectivity index (χ4v) is 1.66. The third-order valence-corrected chi connectivity index (χ3v) is 2.63. The van der Waals surface area contributed by atoms with E-state index in [4.69, 9.17) is 0 Å². The van der Waals surface area contributed by atoms with Crippen molar-refractivity contribution < 1.29 is 0 Å². The molecule has 0 saturated carbocycles. The largest absolute Gasteiger partial charge is 0.239 e. The predicted molar refractivity (Wildman–Crippen MR) is 81.8 cm³/mol. The van der Waals surface area contributed by atoms with Crippen LogP contribution in [0.1, 0.15) is 25.3 Å². The molecule has 0 aromatic heterocycles. The third-order valence-electron chi connectivity index (χ3n) is 2.63. The van der Waals surface area contributed by atoms with Crippen molar-refractivity contribution in [3.8, 4) is 11.8 Å². The first-order chi connectivity index (χ1) is 9.40. The highest BCUT2D eigenvalue weighted by atomic mass is 14.7. The number of hydrogen-bond donors (Lipinski definition) is 0. The van der Waals surface area contributed by atoms with Crippen LogP contribution in [0.5, 0.6) is 0 Å². The molecular formula is C18H17N. The van der Waals surface area contributed by atoms with Crippen molar-refractivity contribution in [1.29, 1.82) is 0 Å². The predicted octanol–water partition coefficient (Wildman–Crippen LogP) is 4.61.